The van der Waals surface area contributed by atoms with Gasteiger partial charge in [0.05, 0.1) is 11.6 Å². The largest absolute Gasteiger partial charge is 0.488 e. The van der Waals surface area contributed by atoms with Gasteiger partial charge in [-0.15, -0.1) is 0 Å². The van der Waals surface area contributed by atoms with Crippen LogP contribution in [0.25, 0.3) is 0 Å². The summed E-state index contributed by atoms with van der Waals surface area (Å²) in [6.45, 7) is 3.14. The van der Waals surface area contributed by atoms with Crippen molar-refractivity contribution in [3.05, 3.63) is 64.7 Å². The molecule has 3 heteroatoms. The Balaban J connectivity index is 2.12. The summed E-state index contributed by atoms with van der Waals surface area (Å²) < 4.78 is 5.94. The van der Waals surface area contributed by atoms with E-state index in [1.165, 1.54) is 0 Å². The molecule has 0 heterocycles. The molecule has 0 atom stereocenters. The lowest BCUT2D eigenvalue weighted by atomic mass is 10.1. The Bertz CT molecular complexity index is 612. The molecule has 3 nitrogen and oxygen atoms in total. The van der Waals surface area contributed by atoms with E-state index in [9.17, 15) is 0 Å². The van der Waals surface area contributed by atoms with Gasteiger partial charge in [0.15, 0.2) is 0 Å². The first-order chi connectivity index (χ1) is 9.74. The van der Waals surface area contributed by atoms with E-state index in [0.717, 1.165) is 28.9 Å². The molecule has 2 aromatic carbocycles. The van der Waals surface area contributed by atoms with Crippen molar-refractivity contribution in [2.45, 2.75) is 20.0 Å². The van der Waals surface area contributed by atoms with Crippen LogP contribution in [0, 0.1) is 18.3 Å². The number of nitrogens with two attached hydrogens (primary N) is 1. The Morgan fingerprint density at radius 3 is 2.55 bits per heavy atom. The molecular formula is C17H18N2O. The maximum Gasteiger partial charge on any atom is 0.125 e. The number of rotatable bonds is 5. The zero-order valence-electron chi connectivity index (χ0n) is 11.6. The van der Waals surface area contributed by atoms with Crippen LogP contribution in [-0.2, 0) is 13.0 Å². The number of benzene rings is 2. The van der Waals surface area contributed by atoms with Crippen molar-refractivity contribution in [2.24, 2.45) is 5.73 Å². The smallest absolute Gasteiger partial charge is 0.125 e. The monoisotopic (exact) mass is 266 g/mol. The fourth-order valence-electron chi connectivity index (χ4n) is 2.10. The normalized spacial score (nSPS) is 10.1. The van der Waals surface area contributed by atoms with Crippen LogP contribution in [0.4, 0.5) is 0 Å². The zero-order chi connectivity index (χ0) is 14.4. The van der Waals surface area contributed by atoms with Crippen LogP contribution in [0.2, 0.25) is 0 Å². The number of ether oxygens (including phenoxy) is 1. The predicted octanol–water partition coefficient (Wildman–Crippen LogP) is 2.95. The molecule has 0 aromatic heterocycles. The standard InChI is InChI=1S/C17H18N2O/c1-13-3-2-4-16(9-10-18)17(13)20-12-15-7-5-14(11-19)6-8-15/h2-8H,9-10,12,18H2,1H3. The Morgan fingerprint density at radius 1 is 1.15 bits per heavy atom. The summed E-state index contributed by atoms with van der Waals surface area (Å²) in [5.41, 5.74) is 9.60. The average Bonchev–Trinajstić information content (AvgIpc) is 2.47. The lowest BCUT2D eigenvalue weighted by Gasteiger charge is -2.14. The highest BCUT2D eigenvalue weighted by Gasteiger charge is 2.06. The van der Waals surface area contributed by atoms with Crippen molar-refractivity contribution in [1.82, 2.24) is 0 Å². The molecule has 0 fully saturated rings. The summed E-state index contributed by atoms with van der Waals surface area (Å²) in [6.07, 6.45) is 0.810. The quantitative estimate of drug-likeness (QED) is 0.905. The second kappa shape index (κ2) is 6.74. The van der Waals surface area contributed by atoms with Crippen molar-refractivity contribution in [1.29, 1.82) is 5.26 Å². The van der Waals surface area contributed by atoms with Gasteiger partial charge in [-0.3, -0.25) is 0 Å². The number of nitrogens with zero attached hydrogens (tertiary/aromatic N) is 1. The SMILES string of the molecule is Cc1cccc(CCN)c1OCc1ccc(C#N)cc1. The molecule has 0 radical (unpaired) electrons. The van der Waals surface area contributed by atoms with Crippen molar-refractivity contribution >= 4 is 0 Å². The maximum atomic E-state index is 8.78. The molecule has 2 N–H and O–H groups in total. The fourth-order valence-corrected chi connectivity index (χ4v) is 2.10. The number of para-hydroxylation sites is 1. The van der Waals surface area contributed by atoms with Crippen molar-refractivity contribution in [3.8, 4) is 11.8 Å². The summed E-state index contributed by atoms with van der Waals surface area (Å²) >= 11 is 0. The minimum atomic E-state index is 0.494. The summed E-state index contributed by atoms with van der Waals surface area (Å²) in [6, 6.07) is 15.7. The molecule has 0 saturated carbocycles. The number of aryl methyl sites for hydroxylation is 1. The van der Waals surface area contributed by atoms with Crippen LogP contribution < -0.4 is 10.5 Å². The highest BCUT2D eigenvalue weighted by atomic mass is 16.5. The van der Waals surface area contributed by atoms with Crippen LogP contribution in [0.15, 0.2) is 42.5 Å². The molecular weight excluding hydrogens is 248 g/mol. The number of hydrogen-bond donors (Lipinski definition) is 1. The summed E-state index contributed by atoms with van der Waals surface area (Å²) in [5, 5.41) is 8.78. The molecule has 2 rings (SSSR count). The van der Waals surface area contributed by atoms with E-state index in [1.54, 1.807) is 12.1 Å². The van der Waals surface area contributed by atoms with E-state index in [0.29, 0.717) is 18.7 Å². The fraction of sp³-hybridized carbons (Fsp3) is 0.235. The van der Waals surface area contributed by atoms with E-state index in [1.807, 2.05) is 37.3 Å². The van der Waals surface area contributed by atoms with Gasteiger partial charge >= 0.3 is 0 Å². The van der Waals surface area contributed by atoms with Crippen molar-refractivity contribution in [2.75, 3.05) is 6.54 Å². The van der Waals surface area contributed by atoms with Crippen LogP contribution in [0.3, 0.4) is 0 Å². The molecule has 20 heavy (non-hydrogen) atoms. The first-order valence-electron chi connectivity index (χ1n) is 6.65. The lowest BCUT2D eigenvalue weighted by molar-refractivity contribution is 0.301. The average molecular weight is 266 g/mol. The zero-order valence-corrected chi connectivity index (χ0v) is 11.6. The van der Waals surface area contributed by atoms with Gasteiger partial charge in [-0.05, 0) is 48.7 Å². The minimum Gasteiger partial charge on any atom is -0.488 e. The topological polar surface area (TPSA) is 59.0 Å². The second-order valence-electron chi connectivity index (χ2n) is 4.70. The number of hydrogen-bond acceptors (Lipinski definition) is 3. The highest BCUT2D eigenvalue weighted by Crippen LogP contribution is 2.24. The third-order valence-corrected chi connectivity index (χ3v) is 3.17. The van der Waals surface area contributed by atoms with E-state index in [4.69, 9.17) is 15.7 Å². The highest BCUT2D eigenvalue weighted by molar-refractivity contribution is 5.41. The van der Waals surface area contributed by atoms with Gasteiger partial charge in [0, 0.05) is 0 Å². The Hall–Kier alpha value is -2.31. The van der Waals surface area contributed by atoms with Gasteiger partial charge in [-0.1, -0.05) is 30.3 Å². The summed E-state index contributed by atoms with van der Waals surface area (Å²) in [4.78, 5) is 0. The van der Waals surface area contributed by atoms with Crippen LogP contribution >= 0.6 is 0 Å². The molecule has 102 valence electrons. The maximum absolute atomic E-state index is 8.78. The molecule has 0 saturated heterocycles. The predicted molar refractivity (Wildman–Crippen MR) is 79.4 cm³/mol. The molecule has 0 aliphatic heterocycles. The Morgan fingerprint density at radius 2 is 1.90 bits per heavy atom. The van der Waals surface area contributed by atoms with Gasteiger partial charge in [0.2, 0.25) is 0 Å². The molecule has 0 aliphatic rings. The Labute approximate surface area is 119 Å². The third-order valence-electron chi connectivity index (χ3n) is 3.17. The molecule has 0 spiro atoms. The first kappa shape index (κ1) is 14.1. The van der Waals surface area contributed by atoms with Gasteiger partial charge in [-0.2, -0.15) is 5.26 Å². The van der Waals surface area contributed by atoms with Crippen LogP contribution in [0.1, 0.15) is 22.3 Å². The second-order valence-corrected chi connectivity index (χ2v) is 4.70. The van der Waals surface area contributed by atoms with Crippen molar-refractivity contribution < 1.29 is 4.74 Å². The Kier molecular flexibility index (Phi) is 4.75. The molecule has 0 amide bonds. The molecule has 0 unspecified atom stereocenters. The van der Waals surface area contributed by atoms with Crippen LogP contribution in [-0.4, -0.2) is 6.54 Å². The van der Waals surface area contributed by atoms with E-state index in [2.05, 4.69) is 6.07 Å². The van der Waals surface area contributed by atoms with E-state index >= 15 is 0 Å². The summed E-state index contributed by atoms with van der Waals surface area (Å²) in [5.74, 6) is 0.919. The third kappa shape index (κ3) is 3.37. The minimum absolute atomic E-state index is 0.494. The van der Waals surface area contributed by atoms with Crippen molar-refractivity contribution in [3.63, 3.8) is 0 Å². The first-order valence-corrected chi connectivity index (χ1v) is 6.65. The van der Waals surface area contributed by atoms with Gasteiger partial charge < -0.3 is 10.5 Å². The van der Waals surface area contributed by atoms with Gasteiger partial charge in [0.25, 0.3) is 0 Å². The summed E-state index contributed by atoms with van der Waals surface area (Å²) in [7, 11) is 0. The lowest BCUT2D eigenvalue weighted by Crippen LogP contribution is -2.06. The number of nitriles is 1. The molecule has 2 aromatic rings. The van der Waals surface area contributed by atoms with E-state index < -0.39 is 0 Å². The molecule has 0 bridgehead atoms. The van der Waals surface area contributed by atoms with Crippen LogP contribution in [0.5, 0.6) is 5.75 Å². The van der Waals surface area contributed by atoms with Gasteiger partial charge in [0.1, 0.15) is 12.4 Å². The molecule has 0 aliphatic carbocycles. The van der Waals surface area contributed by atoms with E-state index in [-0.39, 0.29) is 0 Å². The van der Waals surface area contributed by atoms with Gasteiger partial charge in [-0.25, -0.2) is 0 Å².